The average molecular weight is 367 g/mol. The van der Waals surface area contributed by atoms with Crippen LogP contribution in [0.3, 0.4) is 0 Å². The largest absolute Gasteiger partial charge is 0.573 e. The van der Waals surface area contributed by atoms with Crippen LogP contribution in [0, 0.1) is 0 Å². The van der Waals surface area contributed by atoms with Crippen molar-refractivity contribution < 1.29 is 37.0 Å². The lowest BCUT2D eigenvalue weighted by atomic mass is 10.1. The lowest BCUT2D eigenvalue weighted by Crippen LogP contribution is -2.25. The number of rotatable bonds is 4. The first kappa shape index (κ1) is 17.6. The Morgan fingerprint density at radius 1 is 1.15 bits per heavy atom. The molecule has 0 radical (unpaired) electrons. The predicted molar refractivity (Wildman–Crippen MR) is 82.8 cm³/mol. The second-order valence-corrected chi connectivity index (χ2v) is 5.32. The van der Waals surface area contributed by atoms with Gasteiger partial charge >= 0.3 is 12.3 Å². The van der Waals surface area contributed by atoms with E-state index in [1.807, 2.05) is 0 Å². The monoisotopic (exact) mass is 367 g/mol. The van der Waals surface area contributed by atoms with E-state index >= 15 is 0 Å². The summed E-state index contributed by atoms with van der Waals surface area (Å²) in [5.74, 6) is -0.927. The van der Waals surface area contributed by atoms with Crippen LogP contribution >= 0.6 is 0 Å². The van der Waals surface area contributed by atoms with Crippen molar-refractivity contribution in [2.75, 3.05) is 11.9 Å². The van der Waals surface area contributed by atoms with Crippen LogP contribution in [0.5, 0.6) is 11.5 Å². The minimum absolute atomic E-state index is 0.125. The zero-order chi connectivity index (χ0) is 18.7. The molecule has 0 aromatic heterocycles. The molecule has 0 bridgehead atoms. The number of hydrogen-bond acceptors (Lipinski definition) is 5. The molecular formula is C17H12F3NO5. The Hall–Kier alpha value is -3.23. The van der Waals surface area contributed by atoms with Gasteiger partial charge in [0.15, 0.2) is 6.61 Å². The number of nitrogens with one attached hydrogen (secondary N) is 1. The van der Waals surface area contributed by atoms with Gasteiger partial charge in [0.2, 0.25) is 0 Å². The minimum Gasteiger partial charge on any atom is -0.482 e. The Kier molecular flexibility index (Phi) is 4.70. The number of esters is 1. The quantitative estimate of drug-likeness (QED) is 0.840. The fourth-order valence-corrected chi connectivity index (χ4v) is 2.22. The maximum Gasteiger partial charge on any atom is 0.573 e. The van der Waals surface area contributed by atoms with Gasteiger partial charge in [0, 0.05) is 0 Å². The minimum atomic E-state index is -4.76. The van der Waals surface area contributed by atoms with Crippen LogP contribution in [0.1, 0.15) is 15.9 Å². The zero-order valence-corrected chi connectivity index (χ0v) is 13.1. The van der Waals surface area contributed by atoms with Crippen molar-refractivity contribution in [2.24, 2.45) is 0 Å². The molecule has 1 amide bonds. The average Bonchev–Trinajstić information content (AvgIpc) is 2.59. The van der Waals surface area contributed by atoms with Crippen molar-refractivity contribution in [3.63, 3.8) is 0 Å². The molecule has 0 saturated carbocycles. The van der Waals surface area contributed by atoms with E-state index in [0.29, 0.717) is 17.0 Å². The van der Waals surface area contributed by atoms with Crippen LogP contribution in [-0.2, 0) is 16.1 Å². The first-order chi connectivity index (χ1) is 12.3. The Morgan fingerprint density at radius 3 is 2.58 bits per heavy atom. The summed E-state index contributed by atoms with van der Waals surface area (Å²) in [5.41, 5.74) is 1.17. The molecule has 0 saturated heterocycles. The topological polar surface area (TPSA) is 73.9 Å². The van der Waals surface area contributed by atoms with Crippen molar-refractivity contribution >= 4 is 17.6 Å². The molecule has 0 atom stereocenters. The third-order valence-corrected chi connectivity index (χ3v) is 3.38. The van der Waals surface area contributed by atoms with Gasteiger partial charge in [0.25, 0.3) is 5.91 Å². The van der Waals surface area contributed by atoms with Crippen LogP contribution < -0.4 is 14.8 Å². The molecule has 1 N–H and O–H groups in total. The Morgan fingerprint density at radius 2 is 1.88 bits per heavy atom. The molecule has 26 heavy (non-hydrogen) atoms. The maximum atomic E-state index is 12.1. The first-order valence-corrected chi connectivity index (χ1v) is 7.39. The van der Waals surface area contributed by atoms with E-state index < -0.39 is 12.3 Å². The molecule has 1 aliphatic rings. The summed E-state index contributed by atoms with van der Waals surface area (Å²) in [4.78, 5) is 23.3. The van der Waals surface area contributed by atoms with E-state index in [-0.39, 0.29) is 30.4 Å². The summed E-state index contributed by atoms with van der Waals surface area (Å²) in [5, 5.41) is 2.60. The van der Waals surface area contributed by atoms with Gasteiger partial charge in [0.05, 0.1) is 11.3 Å². The van der Waals surface area contributed by atoms with Crippen LogP contribution in [0.2, 0.25) is 0 Å². The van der Waals surface area contributed by atoms with Gasteiger partial charge in [-0.15, -0.1) is 13.2 Å². The van der Waals surface area contributed by atoms with Gasteiger partial charge in [0.1, 0.15) is 18.1 Å². The standard InChI is InChI=1S/C17H12F3NO5/c18-17(19,20)26-12-4-1-10(2-5-12)8-25-16(23)11-3-6-13-14(7-11)24-9-15(22)21-13/h1-7H,8-9H2,(H,21,22). The highest BCUT2D eigenvalue weighted by atomic mass is 19.4. The summed E-state index contributed by atoms with van der Waals surface area (Å²) >= 11 is 0. The highest BCUT2D eigenvalue weighted by molar-refractivity contribution is 5.97. The number of fused-ring (bicyclic) bond motifs is 1. The highest BCUT2D eigenvalue weighted by Crippen LogP contribution is 2.29. The van der Waals surface area contributed by atoms with Crippen molar-refractivity contribution in [2.45, 2.75) is 13.0 Å². The van der Waals surface area contributed by atoms with Gasteiger partial charge in [-0.05, 0) is 35.9 Å². The fraction of sp³-hybridized carbons (Fsp3) is 0.176. The van der Waals surface area contributed by atoms with E-state index in [9.17, 15) is 22.8 Å². The molecule has 1 heterocycles. The van der Waals surface area contributed by atoms with Gasteiger partial charge < -0.3 is 19.5 Å². The second kappa shape index (κ2) is 6.95. The van der Waals surface area contributed by atoms with E-state index in [4.69, 9.17) is 9.47 Å². The number of carbonyl (C=O) groups is 2. The van der Waals surface area contributed by atoms with Crippen molar-refractivity contribution in [3.05, 3.63) is 53.6 Å². The van der Waals surface area contributed by atoms with Crippen molar-refractivity contribution in [1.82, 2.24) is 0 Å². The Labute approximate surface area is 145 Å². The molecule has 9 heteroatoms. The van der Waals surface area contributed by atoms with Crippen molar-refractivity contribution in [1.29, 1.82) is 0 Å². The van der Waals surface area contributed by atoms with Crippen molar-refractivity contribution in [3.8, 4) is 11.5 Å². The molecule has 6 nitrogen and oxygen atoms in total. The molecule has 2 aromatic carbocycles. The summed E-state index contributed by atoms with van der Waals surface area (Å²) in [7, 11) is 0. The number of ether oxygens (including phenoxy) is 3. The predicted octanol–water partition coefficient (Wildman–Crippen LogP) is 3.27. The number of hydrogen-bond donors (Lipinski definition) is 1. The number of anilines is 1. The highest BCUT2D eigenvalue weighted by Gasteiger charge is 2.31. The Balaban J connectivity index is 1.59. The molecular weight excluding hydrogens is 355 g/mol. The van der Waals surface area contributed by atoms with Gasteiger partial charge in [-0.2, -0.15) is 0 Å². The molecule has 2 aromatic rings. The fourth-order valence-electron chi connectivity index (χ4n) is 2.22. The molecule has 0 spiro atoms. The van der Waals surface area contributed by atoms with Gasteiger partial charge in [-0.1, -0.05) is 12.1 Å². The lowest BCUT2D eigenvalue weighted by Gasteiger charge is -2.18. The van der Waals surface area contributed by atoms with Crippen LogP contribution in [0.15, 0.2) is 42.5 Å². The number of amides is 1. The SMILES string of the molecule is O=C1COc2cc(C(=O)OCc3ccc(OC(F)(F)F)cc3)ccc2N1. The van der Waals surface area contributed by atoms with Crippen LogP contribution in [0.25, 0.3) is 0 Å². The number of carbonyl (C=O) groups excluding carboxylic acids is 2. The van der Waals surface area contributed by atoms with E-state index in [0.717, 1.165) is 12.1 Å². The third-order valence-electron chi connectivity index (χ3n) is 3.38. The lowest BCUT2D eigenvalue weighted by molar-refractivity contribution is -0.274. The van der Waals surface area contributed by atoms with Crippen LogP contribution in [-0.4, -0.2) is 24.8 Å². The zero-order valence-electron chi connectivity index (χ0n) is 13.1. The van der Waals surface area contributed by atoms with E-state index in [2.05, 4.69) is 10.1 Å². The molecule has 136 valence electrons. The number of halogens is 3. The third kappa shape index (κ3) is 4.44. The van der Waals surface area contributed by atoms with E-state index in [1.165, 1.54) is 30.3 Å². The van der Waals surface area contributed by atoms with Crippen LogP contribution in [0.4, 0.5) is 18.9 Å². The van der Waals surface area contributed by atoms with Gasteiger partial charge in [-0.3, -0.25) is 4.79 Å². The molecule has 0 unspecified atom stereocenters. The first-order valence-electron chi connectivity index (χ1n) is 7.39. The maximum absolute atomic E-state index is 12.1. The Bertz CT molecular complexity index is 833. The normalized spacial score (nSPS) is 13.3. The summed E-state index contributed by atoms with van der Waals surface area (Å²) < 4.78 is 50.4. The summed E-state index contributed by atoms with van der Waals surface area (Å²) in [6, 6.07) is 9.41. The molecule has 0 aliphatic carbocycles. The summed E-state index contributed by atoms with van der Waals surface area (Å²) in [6.45, 7) is -0.266. The molecule has 3 rings (SSSR count). The molecule has 1 aliphatic heterocycles. The summed E-state index contributed by atoms with van der Waals surface area (Å²) in [6.07, 6.45) is -4.76. The number of benzene rings is 2. The second-order valence-electron chi connectivity index (χ2n) is 5.32. The van der Waals surface area contributed by atoms with E-state index in [1.54, 1.807) is 0 Å². The smallest absolute Gasteiger partial charge is 0.482 e. The molecule has 0 fully saturated rings. The number of alkyl halides is 3. The van der Waals surface area contributed by atoms with Gasteiger partial charge in [-0.25, -0.2) is 4.79 Å².